The molecule has 1 saturated heterocycles. The van der Waals surface area contributed by atoms with Gasteiger partial charge in [0.1, 0.15) is 0 Å². The van der Waals surface area contributed by atoms with E-state index in [1.165, 1.54) is 12.8 Å². The van der Waals surface area contributed by atoms with Crippen LogP contribution >= 0.6 is 11.8 Å². The number of rotatable bonds is 9. The predicted molar refractivity (Wildman–Crippen MR) is 72.1 cm³/mol. The fourth-order valence-electron chi connectivity index (χ4n) is 1.91. The molecule has 0 aromatic heterocycles. The van der Waals surface area contributed by atoms with Crippen LogP contribution in [-0.4, -0.2) is 60.3 Å². The smallest absolute Gasteiger partial charge is 0.0791 e. The molecule has 0 saturated carbocycles. The second-order valence-corrected chi connectivity index (χ2v) is 5.38. The van der Waals surface area contributed by atoms with E-state index in [1.807, 2.05) is 17.8 Å². The number of thioether (sulfide) groups is 1. The summed E-state index contributed by atoms with van der Waals surface area (Å²) in [6.07, 6.45) is 4.28. The van der Waals surface area contributed by atoms with Gasteiger partial charge < -0.3 is 15.3 Å². The van der Waals surface area contributed by atoms with E-state index in [0.717, 1.165) is 37.7 Å². The maximum atomic E-state index is 9.79. The van der Waals surface area contributed by atoms with Gasteiger partial charge in [0.25, 0.3) is 0 Å². The Balaban J connectivity index is 1.89. The summed E-state index contributed by atoms with van der Waals surface area (Å²) in [7, 11) is 0. The summed E-state index contributed by atoms with van der Waals surface area (Å²) >= 11 is 1.87. The number of likely N-dealkylation sites (tertiary alicyclic amines) is 1. The van der Waals surface area contributed by atoms with Gasteiger partial charge in [0.05, 0.1) is 6.10 Å². The Labute approximate surface area is 103 Å². The molecule has 1 heterocycles. The molecule has 0 aromatic rings. The second kappa shape index (κ2) is 9.05. The molecule has 1 unspecified atom stereocenters. The van der Waals surface area contributed by atoms with Crippen LogP contribution in [0.1, 0.15) is 12.8 Å². The first-order chi connectivity index (χ1) is 7.83. The fourth-order valence-corrected chi connectivity index (χ4v) is 2.53. The van der Waals surface area contributed by atoms with E-state index < -0.39 is 0 Å². The van der Waals surface area contributed by atoms with Gasteiger partial charge in [-0.05, 0) is 25.9 Å². The van der Waals surface area contributed by atoms with Gasteiger partial charge in [0.15, 0.2) is 0 Å². The van der Waals surface area contributed by atoms with Crippen LogP contribution in [0.25, 0.3) is 0 Å². The monoisotopic (exact) mass is 244 g/mol. The molecule has 1 rings (SSSR count). The third kappa shape index (κ3) is 6.53. The molecular weight excluding hydrogens is 220 g/mol. The topological polar surface area (TPSA) is 35.5 Å². The molecule has 1 atom stereocenters. The van der Waals surface area contributed by atoms with Crippen molar-refractivity contribution in [2.24, 2.45) is 0 Å². The molecule has 0 radical (unpaired) electrons. The van der Waals surface area contributed by atoms with Gasteiger partial charge in [-0.25, -0.2) is 0 Å². The van der Waals surface area contributed by atoms with Crippen LogP contribution in [0, 0.1) is 0 Å². The SMILES string of the molecule is C=CCSCCNCC(O)CN1CCCC1. The zero-order valence-electron chi connectivity index (χ0n) is 10.0. The predicted octanol–water partition coefficient (Wildman–Crippen LogP) is 0.952. The molecule has 94 valence electrons. The van der Waals surface area contributed by atoms with Crippen LogP contribution < -0.4 is 5.32 Å². The minimum absolute atomic E-state index is 0.220. The lowest BCUT2D eigenvalue weighted by atomic mass is 10.3. The summed E-state index contributed by atoms with van der Waals surface area (Å²) in [5.74, 6) is 2.10. The maximum absolute atomic E-state index is 9.79. The number of hydrogen-bond acceptors (Lipinski definition) is 4. The Morgan fingerprint density at radius 2 is 2.19 bits per heavy atom. The minimum atomic E-state index is -0.220. The quantitative estimate of drug-likeness (QED) is 0.468. The Morgan fingerprint density at radius 3 is 2.88 bits per heavy atom. The van der Waals surface area contributed by atoms with Crippen LogP contribution in [0.4, 0.5) is 0 Å². The summed E-state index contributed by atoms with van der Waals surface area (Å²) in [4.78, 5) is 2.35. The van der Waals surface area contributed by atoms with Crippen molar-refractivity contribution < 1.29 is 5.11 Å². The van der Waals surface area contributed by atoms with E-state index >= 15 is 0 Å². The van der Waals surface area contributed by atoms with Gasteiger partial charge in [-0.1, -0.05) is 6.08 Å². The summed E-state index contributed by atoms with van der Waals surface area (Å²) in [6, 6.07) is 0. The van der Waals surface area contributed by atoms with Gasteiger partial charge in [0, 0.05) is 31.1 Å². The summed E-state index contributed by atoms with van der Waals surface area (Å²) in [6.45, 7) is 8.50. The Hall–Kier alpha value is -0.0300. The highest BCUT2D eigenvalue weighted by Crippen LogP contribution is 2.07. The molecule has 0 aromatic carbocycles. The Morgan fingerprint density at radius 1 is 1.44 bits per heavy atom. The largest absolute Gasteiger partial charge is 0.390 e. The molecule has 1 aliphatic rings. The van der Waals surface area contributed by atoms with Crippen LogP contribution in [0.5, 0.6) is 0 Å². The molecule has 0 bridgehead atoms. The standard InChI is InChI=1S/C12H24N2OS/c1-2-8-16-9-5-13-10-12(15)11-14-6-3-4-7-14/h2,12-13,15H,1,3-11H2. The van der Waals surface area contributed by atoms with Crippen LogP contribution in [0.2, 0.25) is 0 Å². The van der Waals surface area contributed by atoms with Crippen molar-refractivity contribution in [3.8, 4) is 0 Å². The van der Waals surface area contributed by atoms with Crippen LogP contribution in [-0.2, 0) is 0 Å². The van der Waals surface area contributed by atoms with Crippen molar-refractivity contribution in [1.82, 2.24) is 10.2 Å². The molecule has 0 spiro atoms. The molecule has 2 N–H and O–H groups in total. The van der Waals surface area contributed by atoms with Gasteiger partial charge in [-0.2, -0.15) is 11.8 Å². The van der Waals surface area contributed by atoms with E-state index in [4.69, 9.17) is 0 Å². The average Bonchev–Trinajstić information content (AvgIpc) is 2.76. The van der Waals surface area contributed by atoms with Crippen molar-refractivity contribution in [2.45, 2.75) is 18.9 Å². The molecule has 16 heavy (non-hydrogen) atoms. The molecular formula is C12H24N2OS. The Kier molecular flexibility index (Phi) is 7.93. The second-order valence-electron chi connectivity index (χ2n) is 4.23. The molecule has 1 aliphatic heterocycles. The molecule has 3 nitrogen and oxygen atoms in total. The van der Waals surface area contributed by atoms with Crippen molar-refractivity contribution in [1.29, 1.82) is 0 Å². The van der Waals surface area contributed by atoms with E-state index in [1.54, 1.807) is 0 Å². The number of nitrogens with zero attached hydrogens (tertiary/aromatic N) is 1. The molecule has 1 fully saturated rings. The number of nitrogens with one attached hydrogen (secondary N) is 1. The van der Waals surface area contributed by atoms with Crippen molar-refractivity contribution in [2.75, 3.05) is 44.2 Å². The molecule has 0 amide bonds. The van der Waals surface area contributed by atoms with Gasteiger partial charge in [0.2, 0.25) is 0 Å². The highest BCUT2D eigenvalue weighted by molar-refractivity contribution is 7.99. The van der Waals surface area contributed by atoms with Crippen LogP contribution in [0.15, 0.2) is 12.7 Å². The lowest BCUT2D eigenvalue weighted by Crippen LogP contribution is -2.37. The van der Waals surface area contributed by atoms with E-state index in [2.05, 4.69) is 16.8 Å². The Bertz CT molecular complexity index is 184. The first kappa shape index (κ1) is 14.0. The lowest BCUT2D eigenvalue weighted by Gasteiger charge is -2.19. The third-order valence-corrected chi connectivity index (χ3v) is 3.67. The van der Waals surface area contributed by atoms with Gasteiger partial charge in [-0.15, -0.1) is 6.58 Å². The summed E-state index contributed by atoms with van der Waals surface area (Å²) in [5.41, 5.74) is 0. The average molecular weight is 244 g/mol. The van der Waals surface area contributed by atoms with E-state index in [0.29, 0.717) is 6.54 Å². The first-order valence-corrected chi connectivity index (χ1v) is 7.28. The minimum Gasteiger partial charge on any atom is -0.390 e. The molecule has 4 heteroatoms. The first-order valence-electron chi connectivity index (χ1n) is 6.12. The summed E-state index contributed by atoms with van der Waals surface area (Å²) < 4.78 is 0. The van der Waals surface area contributed by atoms with Gasteiger partial charge >= 0.3 is 0 Å². The number of aliphatic hydroxyl groups is 1. The zero-order chi connectivity index (χ0) is 11.6. The molecule has 0 aliphatic carbocycles. The van der Waals surface area contributed by atoms with Crippen LogP contribution in [0.3, 0.4) is 0 Å². The van der Waals surface area contributed by atoms with E-state index in [-0.39, 0.29) is 6.10 Å². The summed E-state index contributed by atoms with van der Waals surface area (Å²) in [5, 5.41) is 13.1. The highest BCUT2D eigenvalue weighted by Gasteiger charge is 2.14. The van der Waals surface area contributed by atoms with E-state index in [9.17, 15) is 5.11 Å². The number of aliphatic hydroxyl groups excluding tert-OH is 1. The van der Waals surface area contributed by atoms with Crippen molar-refractivity contribution >= 4 is 11.8 Å². The number of β-amino-alcohol motifs (C(OH)–C–C–N with tert-alkyl or cyclic N) is 1. The maximum Gasteiger partial charge on any atom is 0.0791 e. The lowest BCUT2D eigenvalue weighted by molar-refractivity contribution is 0.124. The van der Waals surface area contributed by atoms with Crippen molar-refractivity contribution in [3.05, 3.63) is 12.7 Å². The zero-order valence-corrected chi connectivity index (χ0v) is 10.8. The number of hydrogen-bond donors (Lipinski definition) is 2. The van der Waals surface area contributed by atoms with Gasteiger partial charge in [-0.3, -0.25) is 0 Å². The fraction of sp³-hybridized carbons (Fsp3) is 0.833. The highest BCUT2D eigenvalue weighted by atomic mass is 32.2. The normalized spacial score (nSPS) is 18.8. The van der Waals surface area contributed by atoms with Crippen molar-refractivity contribution in [3.63, 3.8) is 0 Å². The third-order valence-electron chi connectivity index (χ3n) is 2.71.